The van der Waals surface area contributed by atoms with Crippen molar-refractivity contribution in [2.75, 3.05) is 19.6 Å². The van der Waals surface area contributed by atoms with Crippen molar-refractivity contribution in [2.24, 2.45) is 0 Å². The minimum absolute atomic E-state index is 0.00642. The Kier molecular flexibility index (Phi) is 7.82. The number of likely N-dealkylation sites (tertiary alicyclic amines) is 1. The molecular formula is C22H31N3O4. The summed E-state index contributed by atoms with van der Waals surface area (Å²) >= 11 is 0. The third-order valence-corrected chi connectivity index (χ3v) is 4.46. The van der Waals surface area contributed by atoms with Crippen LogP contribution in [0.2, 0.25) is 0 Å². The van der Waals surface area contributed by atoms with Gasteiger partial charge in [-0.25, -0.2) is 4.79 Å². The number of benzene rings is 1. The summed E-state index contributed by atoms with van der Waals surface area (Å²) in [4.78, 5) is 37.7. The van der Waals surface area contributed by atoms with Crippen molar-refractivity contribution in [3.63, 3.8) is 0 Å². The van der Waals surface area contributed by atoms with Gasteiger partial charge >= 0.3 is 6.09 Å². The predicted octanol–water partition coefficient (Wildman–Crippen LogP) is 2.64. The van der Waals surface area contributed by atoms with Gasteiger partial charge in [0.25, 0.3) is 0 Å². The summed E-state index contributed by atoms with van der Waals surface area (Å²) < 4.78 is 5.10. The van der Waals surface area contributed by atoms with Crippen LogP contribution in [0, 0.1) is 6.92 Å². The standard InChI is InChI=1S/C22H31N3O4/c1-16-5-7-17(8-6-16)9-10-20(27)25-13-11-18(12-14-25)24-19(26)15-23-21(28)29-22(2,3)4/h5-10,18H,11-15H2,1-4H3,(H,23,28)(H,24,26)/b10-9+. The van der Waals surface area contributed by atoms with Crippen LogP contribution in [0.3, 0.4) is 0 Å². The zero-order valence-corrected chi connectivity index (χ0v) is 17.7. The average Bonchev–Trinajstić information content (AvgIpc) is 2.65. The lowest BCUT2D eigenvalue weighted by Crippen LogP contribution is -2.48. The molecule has 1 heterocycles. The fourth-order valence-corrected chi connectivity index (χ4v) is 2.94. The Balaban J connectivity index is 1.70. The van der Waals surface area contributed by atoms with Crippen LogP contribution < -0.4 is 10.6 Å². The number of nitrogens with one attached hydrogen (secondary N) is 2. The molecule has 0 atom stereocenters. The van der Waals surface area contributed by atoms with Crippen LogP contribution in [0.25, 0.3) is 6.08 Å². The molecule has 29 heavy (non-hydrogen) atoms. The highest BCUT2D eigenvalue weighted by Gasteiger charge is 2.23. The SMILES string of the molecule is Cc1ccc(/C=C/C(=O)N2CCC(NC(=O)CNC(=O)OC(C)(C)C)CC2)cc1. The summed E-state index contributed by atoms with van der Waals surface area (Å²) in [6, 6.07) is 7.97. The van der Waals surface area contributed by atoms with E-state index in [1.807, 2.05) is 37.3 Å². The van der Waals surface area contributed by atoms with Gasteiger partial charge in [-0.05, 0) is 52.2 Å². The molecule has 0 bridgehead atoms. The van der Waals surface area contributed by atoms with Gasteiger partial charge in [-0.3, -0.25) is 9.59 Å². The van der Waals surface area contributed by atoms with Crippen molar-refractivity contribution in [1.82, 2.24) is 15.5 Å². The molecule has 0 aliphatic carbocycles. The Morgan fingerprint density at radius 2 is 1.76 bits per heavy atom. The molecule has 1 aliphatic rings. The maximum atomic E-state index is 12.3. The second kappa shape index (κ2) is 10.1. The number of alkyl carbamates (subject to hydrolysis) is 1. The maximum Gasteiger partial charge on any atom is 0.408 e. The van der Waals surface area contributed by atoms with Crippen LogP contribution in [0.1, 0.15) is 44.7 Å². The lowest BCUT2D eigenvalue weighted by atomic mass is 10.0. The van der Waals surface area contributed by atoms with E-state index >= 15 is 0 Å². The van der Waals surface area contributed by atoms with Gasteiger partial charge in [0.15, 0.2) is 0 Å². The third-order valence-electron chi connectivity index (χ3n) is 4.46. The Morgan fingerprint density at radius 3 is 2.34 bits per heavy atom. The normalized spacial score (nSPS) is 15.2. The summed E-state index contributed by atoms with van der Waals surface area (Å²) in [7, 11) is 0. The molecule has 158 valence electrons. The molecule has 2 rings (SSSR count). The number of rotatable bonds is 5. The molecule has 7 nitrogen and oxygen atoms in total. The lowest BCUT2D eigenvalue weighted by Gasteiger charge is -2.31. The average molecular weight is 402 g/mol. The Hall–Kier alpha value is -2.83. The smallest absolute Gasteiger partial charge is 0.408 e. The number of ether oxygens (including phenoxy) is 1. The molecule has 1 aromatic rings. The molecule has 0 spiro atoms. The van der Waals surface area contributed by atoms with Crippen LogP contribution >= 0.6 is 0 Å². The van der Waals surface area contributed by atoms with Crippen molar-refractivity contribution in [1.29, 1.82) is 0 Å². The Bertz CT molecular complexity index is 742. The lowest BCUT2D eigenvalue weighted by molar-refractivity contribution is -0.127. The molecule has 1 aromatic carbocycles. The molecule has 0 radical (unpaired) electrons. The topological polar surface area (TPSA) is 87.7 Å². The molecular weight excluding hydrogens is 370 g/mol. The number of nitrogens with zero attached hydrogens (tertiary/aromatic N) is 1. The van der Waals surface area contributed by atoms with Crippen molar-refractivity contribution in [3.05, 3.63) is 41.5 Å². The van der Waals surface area contributed by atoms with Crippen molar-refractivity contribution in [3.8, 4) is 0 Å². The van der Waals surface area contributed by atoms with E-state index in [1.165, 1.54) is 5.56 Å². The van der Waals surface area contributed by atoms with E-state index in [-0.39, 0.29) is 24.4 Å². The van der Waals surface area contributed by atoms with E-state index in [0.717, 1.165) is 5.56 Å². The van der Waals surface area contributed by atoms with Crippen molar-refractivity contribution in [2.45, 2.75) is 52.2 Å². The fraction of sp³-hybridized carbons (Fsp3) is 0.500. The minimum Gasteiger partial charge on any atom is -0.444 e. The van der Waals surface area contributed by atoms with Gasteiger partial charge in [-0.15, -0.1) is 0 Å². The van der Waals surface area contributed by atoms with E-state index in [4.69, 9.17) is 4.74 Å². The summed E-state index contributed by atoms with van der Waals surface area (Å²) in [6.07, 6.45) is 4.16. The number of carbonyl (C=O) groups excluding carboxylic acids is 3. The van der Waals surface area contributed by atoms with Crippen LogP contribution in [-0.4, -0.2) is 54.1 Å². The molecule has 3 amide bonds. The molecule has 0 aromatic heterocycles. The molecule has 1 fully saturated rings. The van der Waals surface area contributed by atoms with E-state index in [9.17, 15) is 14.4 Å². The van der Waals surface area contributed by atoms with E-state index in [2.05, 4.69) is 10.6 Å². The van der Waals surface area contributed by atoms with E-state index in [1.54, 1.807) is 31.7 Å². The summed E-state index contributed by atoms with van der Waals surface area (Å²) in [5.41, 5.74) is 1.57. The Labute approximate surface area is 172 Å². The third kappa shape index (κ3) is 8.37. The number of hydrogen-bond donors (Lipinski definition) is 2. The van der Waals surface area contributed by atoms with Crippen molar-refractivity contribution < 1.29 is 19.1 Å². The Morgan fingerprint density at radius 1 is 1.14 bits per heavy atom. The highest BCUT2D eigenvalue weighted by Crippen LogP contribution is 2.12. The van der Waals surface area contributed by atoms with E-state index in [0.29, 0.717) is 25.9 Å². The van der Waals surface area contributed by atoms with Crippen molar-refractivity contribution >= 4 is 24.0 Å². The highest BCUT2D eigenvalue weighted by molar-refractivity contribution is 5.91. The van der Waals surface area contributed by atoms with Crippen LogP contribution in [-0.2, 0) is 14.3 Å². The first-order valence-corrected chi connectivity index (χ1v) is 9.92. The first-order valence-electron chi connectivity index (χ1n) is 9.92. The predicted molar refractivity (Wildman–Crippen MR) is 112 cm³/mol. The van der Waals surface area contributed by atoms with Crippen LogP contribution in [0.4, 0.5) is 4.79 Å². The number of piperidine rings is 1. The van der Waals surface area contributed by atoms with Gasteiger partial charge in [-0.1, -0.05) is 29.8 Å². The van der Waals surface area contributed by atoms with Crippen LogP contribution in [0.5, 0.6) is 0 Å². The van der Waals surface area contributed by atoms with E-state index < -0.39 is 11.7 Å². The second-order valence-electron chi connectivity index (χ2n) is 8.27. The summed E-state index contributed by atoms with van der Waals surface area (Å²) in [6.45, 7) is 8.35. The molecule has 7 heteroatoms. The molecule has 2 N–H and O–H groups in total. The van der Waals surface area contributed by atoms with Gasteiger partial charge in [0.2, 0.25) is 11.8 Å². The minimum atomic E-state index is -0.617. The van der Waals surface area contributed by atoms with Crippen LogP contribution in [0.15, 0.2) is 30.3 Å². The molecule has 0 saturated carbocycles. The second-order valence-corrected chi connectivity index (χ2v) is 8.27. The first kappa shape index (κ1) is 22.5. The monoisotopic (exact) mass is 401 g/mol. The highest BCUT2D eigenvalue weighted by atomic mass is 16.6. The van der Waals surface area contributed by atoms with Gasteiger partial charge in [-0.2, -0.15) is 0 Å². The number of carbonyl (C=O) groups is 3. The fourth-order valence-electron chi connectivity index (χ4n) is 2.94. The summed E-state index contributed by atoms with van der Waals surface area (Å²) in [5, 5.41) is 5.34. The number of hydrogen-bond acceptors (Lipinski definition) is 4. The molecule has 1 saturated heterocycles. The van der Waals surface area contributed by atoms with Gasteiger partial charge in [0.1, 0.15) is 12.1 Å². The van der Waals surface area contributed by atoms with Gasteiger partial charge < -0.3 is 20.3 Å². The number of aryl methyl sites for hydroxylation is 1. The summed E-state index contributed by atoms with van der Waals surface area (Å²) in [5.74, 6) is -0.290. The first-order chi connectivity index (χ1) is 13.6. The number of amides is 3. The van der Waals surface area contributed by atoms with Gasteiger partial charge in [0.05, 0.1) is 0 Å². The molecule has 0 unspecified atom stereocenters. The largest absolute Gasteiger partial charge is 0.444 e. The maximum absolute atomic E-state index is 12.3. The molecule has 1 aliphatic heterocycles. The zero-order valence-electron chi connectivity index (χ0n) is 17.7. The van der Waals surface area contributed by atoms with Gasteiger partial charge in [0, 0.05) is 25.2 Å². The quantitative estimate of drug-likeness (QED) is 0.743. The zero-order chi connectivity index (χ0) is 21.4.